The third kappa shape index (κ3) is 4.44. The third-order valence-electron chi connectivity index (χ3n) is 4.32. The van der Waals surface area contributed by atoms with Crippen molar-refractivity contribution in [3.05, 3.63) is 42.5 Å². The Balaban J connectivity index is 2.27. The highest BCUT2D eigenvalue weighted by atomic mass is 32.2. The lowest BCUT2D eigenvalue weighted by atomic mass is 10.1. The molecule has 13 heteroatoms. The number of nitrogens with zero attached hydrogens (tertiary/aromatic N) is 2. The van der Waals surface area contributed by atoms with Crippen LogP contribution < -0.4 is 10.1 Å². The Labute approximate surface area is 177 Å². The molecule has 3 aromatic rings. The van der Waals surface area contributed by atoms with Crippen LogP contribution in [0.15, 0.2) is 62.5 Å². The van der Waals surface area contributed by atoms with Crippen molar-refractivity contribution in [1.82, 2.24) is 0 Å². The molecule has 0 radical (unpaired) electrons. The number of fused-ring (bicyclic) bond motifs is 1. The van der Waals surface area contributed by atoms with Crippen molar-refractivity contribution in [3.63, 3.8) is 0 Å². The first-order valence-electron chi connectivity index (χ1n) is 8.48. The van der Waals surface area contributed by atoms with Crippen molar-refractivity contribution in [1.29, 1.82) is 0 Å². The zero-order chi connectivity index (χ0) is 23.0. The maximum Gasteiger partial charge on any atom is 0.298 e. The van der Waals surface area contributed by atoms with Gasteiger partial charge in [0.2, 0.25) is 0 Å². The van der Waals surface area contributed by atoms with E-state index < -0.39 is 41.5 Å². The molecular weight excluding hydrogens is 450 g/mol. The summed E-state index contributed by atoms with van der Waals surface area (Å²) >= 11 is 0. The summed E-state index contributed by atoms with van der Waals surface area (Å²) in [5.74, 6) is -0.914. The van der Waals surface area contributed by atoms with E-state index in [0.29, 0.717) is 11.1 Å². The maximum atomic E-state index is 11.9. The smallest absolute Gasteiger partial charge is 0.298 e. The number of azo groups is 1. The minimum Gasteiger partial charge on any atom is -0.505 e. The van der Waals surface area contributed by atoms with Crippen LogP contribution in [-0.2, 0) is 20.2 Å². The fourth-order valence-electron chi connectivity index (χ4n) is 2.90. The molecule has 0 aliphatic heterocycles. The molecule has 0 unspecified atom stereocenters. The Morgan fingerprint density at radius 1 is 0.935 bits per heavy atom. The van der Waals surface area contributed by atoms with E-state index in [4.69, 9.17) is 4.74 Å². The zero-order valence-corrected chi connectivity index (χ0v) is 17.8. The molecule has 11 nitrogen and oxygen atoms in total. The number of rotatable bonds is 6. The first-order chi connectivity index (χ1) is 14.5. The Bertz CT molecular complexity index is 1420. The maximum absolute atomic E-state index is 11.9. The van der Waals surface area contributed by atoms with E-state index in [0.717, 1.165) is 19.2 Å². The molecule has 4 N–H and O–H groups in total. The van der Waals surface area contributed by atoms with Gasteiger partial charge in [0.1, 0.15) is 21.2 Å². The van der Waals surface area contributed by atoms with Gasteiger partial charge in [-0.3, -0.25) is 9.11 Å². The van der Waals surface area contributed by atoms with Gasteiger partial charge in [0.25, 0.3) is 20.2 Å². The highest BCUT2D eigenvalue weighted by molar-refractivity contribution is 7.86. The van der Waals surface area contributed by atoms with Crippen molar-refractivity contribution in [2.45, 2.75) is 9.79 Å². The van der Waals surface area contributed by atoms with Crippen LogP contribution in [0.4, 0.5) is 17.1 Å². The van der Waals surface area contributed by atoms with E-state index >= 15 is 0 Å². The Hall–Kier alpha value is -3.26. The number of nitrogens with one attached hydrogen (secondary N) is 1. The van der Waals surface area contributed by atoms with E-state index in [1.165, 1.54) is 18.2 Å². The van der Waals surface area contributed by atoms with Gasteiger partial charge in [0, 0.05) is 18.1 Å². The molecule has 0 saturated carbocycles. The first-order valence-corrected chi connectivity index (χ1v) is 11.4. The molecule has 0 aliphatic rings. The number of benzene rings is 3. The standard InChI is InChI=1S/C18H17N3O8S2/c1-19-11-6-7-12-10(8-11)9-15(31(26,27)28)16(17(12)22)21-20-13-4-3-5-14(18(13)29-2)30(23,24)25/h3-9,19,22H,1-2H3,(H,23,24,25)(H,26,27,28). The largest absolute Gasteiger partial charge is 0.505 e. The molecule has 0 bridgehead atoms. The summed E-state index contributed by atoms with van der Waals surface area (Å²) in [6, 6.07) is 9.44. The van der Waals surface area contributed by atoms with Crippen molar-refractivity contribution in [2.24, 2.45) is 10.2 Å². The number of ether oxygens (including phenoxy) is 1. The van der Waals surface area contributed by atoms with E-state index in [9.17, 15) is 31.0 Å². The average molecular weight is 467 g/mol. The lowest BCUT2D eigenvalue weighted by Gasteiger charge is -2.11. The predicted octanol–water partition coefficient (Wildman–Crippen LogP) is 3.50. The van der Waals surface area contributed by atoms with Crippen molar-refractivity contribution < 1.29 is 35.8 Å². The summed E-state index contributed by atoms with van der Waals surface area (Å²) in [5.41, 5.74) is -0.107. The molecule has 0 aromatic heterocycles. The van der Waals surface area contributed by atoms with Crippen LogP contribution in [0.2, 0.25) is 0 Å². The summed E-state index contributed by atoms with van der Waals surface area (Å²) in [4.78, 5) is -1.29. The highest BCUT2D eigenvalue weighted by Crippen LogP contribution is 2.43. The van der Waals surface area contributed by atoms with Crippen LogP contribution in [0.25, 0.3) is 10.8 Å². The monoisotopic (exact) mass is 467 g/mol. The van der Waals surface area contributed by atoms with E-state index in [-0.39, 0.29) is 16.8 Å². The molecule has 3 rings (SSSR count). The number of phenols is 1. The van der Waals surface area contributed by atoms with Gasteiger partial charge in [-0.25, -0.2) is 0 Å². The van der Waals surface area contributed by atoms with Crippen molar-refractivity contribution in [3.8, 4) is 11.5 Å². The number of aromatic hydroxyl groups is 1. The van der Waals surface area contributed by atoms with Gasteiger partial charge in [-0.05, 0) is 41.8 Å². The lowest BCUT2D eigenvalue weighted by molar-refractivity contribution is 0.398. The third-order valence-corrected chi connectivity index (χ3v) is 6.06. The molecule has 0 aliphatic carbocycles. The number of anilines is 1. The fourth-order valence-corrected chi connectivity index (χ4v) is 4.23. The summed E-state index contributed by atoms with van der Waals surface area (Å²) in [6.45, 7) is 0. The van der Waals surface area contributed by atoms with Crippen LogP contribution in [0.1, 0.15) is 0 Å². The second kappa shape index (κ2) is 8.11. The average Bonchev–Trinajstić information content (AvgIpc) is 2.70. The number of para-hydroxylation sites is 1. The zero-order valence-electron chi connectivity index (χ0n) is 16.1. The molecule has 0 heterocycles. The number of phenolic OH excluding ortho intramolecular Hbond substituents is 1. The quantitative estimate of drug-likeness (QED) is 0.312. The second-order valence-corrected chi connectivity index (χ2v) is 9.00. The van der Waals surface area contributed by atoms with Crippen LogP contribution in [0.5, 0.6) is 11.5 Å². The van der Waals surface area contributed by atoms with Crippen LogP contribution in [0, 0.1) is 0 Å². The van der Waals surface area contributed by atoms with Gasteiger partial charge >= 0.3 is 0 Å². The molecule has 164 valence electrons. The summed E-state index contributed by atoms with van der Waals surface area (Å²) < 4.78 is 70.8. The van der Waals surface area contributed by atoms with E-state index in [1.54, 1.807) is 19.2 Å². The second-order valence-electron chi connectivity index (χ2n) is 6.22. The lowest BCUT2D eigenvalue weighted by Crippen LogP contribution is -2.01. The summed E-state index contributed by atoms with van der Waals surface area (Å²) in [6.07, 6.45) is 0. The first kappa shape index (κ1) is 22.4. The molecule has 0 fully saturated rings. The fraction of sp³-hybridized carbons (Fsp3) is 0.111. The minimum atomic E-state index is -4.82. The highest BCUT2D eigenvalue weighted by Gasteiger charge is 2.23. The SMILES string of the molecule is CNc1ccc2c(O)c(N=Nc3cccc(S(=O)(=O)O)c3OC)c(S(=O)(=O)O)cc2c1. The Morgan fingerprint density at radius 3 is 2.19 bits per heavy atom. The van der Waals surface area contributed by atoms with E-state index in [1.807, 2.05) is 0 Å². The van der Waals surface area contributed by atoms with Crippen LogP contribution in [0.3, 0.4) is 0 Å². The number of methoxy groups -OCH3 is 1. The molecular formula is C18H17N3O8S2. The molecule has 0 amide bonds. The van der Waals surface area contributed by atoms with Crippen molar-refractivity contribution >= 4 is 48.1 Å². The predicted molar refractivity (Wildman–Crippen MR) is 112 cm³/mol. The van der Waals surface area contributed by atoms with Gasteiger partial charge in [-0.2, -0.15) is 16.8 Å². The van der Waals surface area contributed by atoms with Gasteiger partial charge in [0.05, 0.1) is 7.11 Å². The Morgan fingerprint density at radius 2 is 1.61 bits per heavy atom. The Kier molecular flexibility index (Phi) is 5.87. The molecule has 0 spiro atoms. The van der Waals surface area contributed by atoms with Gasteiger partial charge in [0.15, 0.2) is 11.5 Å². The number of hydrogen-bond donors (Lipinski definition) is 4. The normalized spacial score (nSPS) is 12.4. The molecule has 3 aromatic carbocycles. The molecule has 0 saturated heterocycles. The minimum absolute atomic E-state index is 0.177. The summed E-state index contributed by atoms with van der Waals surface area (Å²) in [5, 5.41) is 21.5. The van der Waals surface area contributed by atoms with Crippen LogP contribution in [-0.4, -0.2) is 45.2 Å². The molecule has 31 heavy (non-hydrogen) atoms. The topological polar surface area (TPSA) is 175 Å². The van der Waals surface area contributed by atoms with Crippen molar-refractivity contribution in [2.75, 3.05) is 19.5 Å². The number of hydrogen-bond acceptors (Lipinski definition) is 9. The molecule has 0 atom stereocenters. The summed E-state index contributed by atoms with van der Waals surface area (Å²) in [7, 11) is -6.67. The van der Waals surface area contributed by atoms with E-state index in [2.05, 4.69) is 15.5 Å². The van der Waals surface area contributed by atoms with Gasteiger partial charge in [-0.15, -0.1) is 10.2 Å². The van der Waals surface area contributed by atoms with Crippen LogP contribution >= 0.6 is 0 Å². The van der Waals surface area contributed by atoms with Gasteiger partial charge < -0.3 is 15.2 Å². The van der Waals surface area contributed by atoms with Gasteiger partial charge in [-0.1, -0.05) is 6.07 Å².